The van der Waals surface area contributed by atoms with Crippen LogP contribution in [0.2, 0.25) is 0 Å². The van der Waals surface area contributed by atoms with E-state index >= 15 is 0 Å². The summed E-state index contributed by atoms with van der Waals surface area (Å²) in [6.07, 6.45) is 10.7. The van der Waals surface area contributed by atoms with Crippen LogP contribution in [-0.2, 0) is 14.4 Å². The summed E-state index contributed by atoms with van der Waals surface area (Å²) in [6, 6.07) is 0. The maximum Gasteiger partial charge on any atom is 0.267 e. The van der Waals surface area contributed by atoms with Crippen molar-refractivity contribution in [3.63, 3.8) is 0 Å². The summed E-state index contributed by atoms with van der Waals surface area (Å²) in [5, 5.41) is 2.37. The molecule has 1 saturated heterocycles. The number of rotatable bonds is 4. The molecule has 1 atom stereocenters. The number of ether oxygens (including phenoxy) is 1. The monoisotopic (exact) mass is 278 g/mol. The molecule has 1 fully saturated rings. The molecule has 2 rings (SSSR count). The molecule has 0 saturated carbocycles. The van der Waals surface area contributed by atoms with Gasteiger partial charge in [0, 0.05) is 24.5 Å². The van der Waals surface area contributed by atoms with Crippen molar-refractivity contribution in [2.24, 2.45) is 0 Å². The molecule has 1 aromatic rings. The van der Waals surface area contributed by atoms with Crippen molar-refractivity contribution < 1.29 is 14.4 Å². The molecule has 1 N–H and O–H groups in total. The highest BCUT2D eigenvalue weighted by Gasteiger charge is 2.14. The molecule has 1 amide bonds. The molecule has 1 unspecified atom stereocenters. The highest BCUT2D eigenvalue weighted by molar-refractivity contribution is 7.10. The Morgan fingerprint density at radius 3 is 3.26 bits per heavy atom. The quantitative estimate of drug-likeness (QED) is 0.517. The first-order chi connectivity index (χ1) is 9.28. The van der Waals surface area contributed by atoms with Gasteiger partial charge < -0.3 is 4.74 Å². The van der Waals surface area contributed by atoms with Crippen molar-refractivity contribution in [2.75, 3.05) is 6.61 Å². The van der Waals surface area contributed by atoms with Gasteiger partial charge in [-0.1, -0.05) is 0 Å². The number of hydrogen-bond donors (Lipinski definition) is 1. The maximum atomic E-state index is 11.5. The van der Waals surface area contributed by atoms with Gasteiger partial charge in [0.05, 0.1) is 5.69 Å². The Bertz CT molecular complexity index is 498. The number of nitrogens with one attached hydrogen (secondary N) is 1. The molecule has 19 heavy (non-hydrogen) atoms. The van der Waals surface area contributed by atoms with E-state index in [1.807, 2.05) is 0 Å². The first-order valence-corrected chi connectivity index (χ1v) is 6.83. The van der Waals surface area contributed by atoms with Crippen LogP contribution in [0.25, 0.3) is 6.08 Å². The molecular formula is C13H14N2O3S. The Labute approximate surface area is 115 Å². The van der Waals surface area contributed by atoms with Crippen LogP contribution in [0.3, 0.4) is 0 Å². The third-order valence-electron chi connectivity index (χ3n) is 2.48. The summed E-state index contributed by atoms with van der Waals surface area (Å²) in [6.45, 7) is 0.671. The average molecular weight is 278 g/mol. The van der Waals surface area contributed by atoms with E-state index in [1.54, 1.807) is 11.5 Å². The number of amides is 1. The molecule has 2 heterocycles. The average Bonchev–Trinajstić information content (AvgIpc) is 2.92. The molecular weight excluding hydrogens is 264 g/mol. The first-order valence-electron chi connectivity index (χ1n) is 5.95. The first kappa shape index (κ1) is 13.7. The zero-order valence-electron chi connectivity index (χ0n) is 10.3. The summed E-state index contributed by atoms with van der Waals surface area (Å²) in [4.78, 5) is 20.7. The second kappa shape index (κ2) is 7.04. The van der Waals surface area contributed by atoms with Crippen molar-refractivity contribution >= 4 is 23.3 Å². The van der Waals surface area contributed by atoms with Crippen molar-refractivity contribution in [1.29, 1.82) is 0 Å². The summed E-state index contributed by atoms with van der Waals surface area (Å²) < 4.78 is 5.32. The molecule has 0 radical (unpaired) electrons. The van der Waals surface area contributed by atoms with Gasteiger partial charge in [-0.15, -0.1) is 17.8 Å². The number of carbonyl (C=O) groups is 1. The molecule has 100 valence electrons. The van der Waals surface area contributed by atoms with Gasteiger partial charge >= 0.3 is 0 Å². The summed E-state index contributed by atoms with van der Waals surface area (Å²) in [5.41, 5.74) is 2.98. The van der Waals surface area contributed by atoms with Crippen molar-refractivity contribution in [3.8, 4) is 12.3 Å². The van der Waals surface area contributed by atoms with Gasteiger partial charge in [-0.05, 0) is 24.8 Å². The number of terminal acetylenes is 1. The van der Waals surface area contributed by atoms with E-state index in [0.29, 0.717) is 17.3 Å². The fourth-order valence-electron chi connectivity index (χ4n) is 1.55. The van der Waals surface area contributed by atoms with Crippen LogP contribution >= 0.6 is 11.3 Å². The van der Waals surface area contributed by atoms with Crippen LogP contribution in [0, 0.1) is 12.3 Å². The van der Waals surface area contributed by atoms with Gasteiger partial charge in [0.1, 0.15) is 0 Å². The maximum absolute atomic E-state index is 11.5. The zero-order valence-corrected chi connectivity index (χ0v) is 11.1. The lowest BCUT2D eigenvalue weighted by molar-refractivity contribution is -0.198. The number of carbonyl (C=O) groups excluding carboxylic acids is 1. The largest absolute Gasteiger partial charge is 0.350 e. The molecule has 6 heteroatoms. The zero-order chi connectivity index (χ0) is 13.5. The molecule has 1 aromatic heterocycles. The second-order valence-corrected chi connectivity index (χ2v) is 4.79. The Hall–Kier alpha value is -1.68. The van der Waals surface area contributed by atoms with Crippen LogP contribution in [0.1, 0.15) is 30.0 Å². The molecule has 0 bridgehead atoms. The van der Waals surface area contributed by atoms with Crippen LogP contribution in [-0.4, -0.2) is 23.8 Å². The fourth-order valence-corrected chi connectivity index (χ4v) is 2.14. The summed E-state index contributed by atoms with van der Waals surface area (Å²) in [5.74, 6) is 2.08. The molecule has 1 aliphatic rings. The third kappa shape index (κ3) is 4.48. The van der Waals surface area contributed by atoms with E-state index in [9.17, 15) is 4.79 Å². The van der Waals surface area contributed by atoms with Crippen molar-refractivity contribution in [2.45, 2.75) is 25.6 Å². The van der Waals surface area contributed by atoms with Gasteiger partial charge in [-0.25, -0.2) is 15.3 Å². The number of thiazole rings is 1. The lowest BCUT2D eigenvalue weighted by Gasteiger charge is -2.21. The lowest BCUT2D eigenvalue weighted by atomic mass is 10.2. The van der Waals surface area contributed by atoms with Crippen LogP contribution in [0.15, 0.2) is 11.5 Å². The molecule has 0 spiro atoms. The SMILES string of the molecule is C#Cc1nc(/C=C/C(=O)NOC2CCCCO2)cs1. The Kier molecular flexibility index (Phi) is 5.10. The third-order valence-corrected chi connectivity index (χ3v) is 3.27. The van der Waals surface area contributed by atoms with E-state index in [4.69, 9.17) is 16.0 Å². The minimum atomic E-state index is -0.357. The van der Waals surface area contributed by atoms with Gasteiger partial charge in [-0.3, -0.25) is 4.79 Å². The van der Waals surface area contributed by atoms with Crippen LogP contribution < -0.4 is 5.48 Å². The van der Waals surface area contributed by atoms with E-state index in [2.05, 4.69) is 16.4 Å². The Morgan fingerprint density at radius 1 is 1.68 bits per heavy atom. The minimum Gasteiger partial charge on any atom is -0.350 e. The van der Waals surface area contributed by atoms with Gasteiger partial charge in [0.25, 0.3) is 5.91 Å². The Balaban J connectivity index is 1.75. The lowest BCUT2D eigenvalue weighted by Crippen LogP contribution is -2.32. The minimum absolute atomic E-state index is 0.349. The summed E-state index contributed by atoms with van der Waals surface area (Å²) in [7, 11) is 0. The molecule has 0 aromatic carbocycles. The predicted molar refractivity (Wildman–Crippen MR) is 71.9 cm³/mol. The van der Waals surface area contributed by atoms with Gasteiger partial charge in [0.2, 0.25) is 0 Å². The van der Waals surface area contributed by atoms with E-state index < -0.39 is 0 Å². The standard InChI is InChI=1S/C13H14N2O3S/c1-2-12-14-10(9-19-12)6-7-11(16)15-18-13-5-3-4-8-17-13/h1,6-7,9,13H,3-5,8H2,(H,15,16)/b7-6+. The Morgan fingerprint density at radius 2 is 2.58 bits per heavy atom. The van der Waals surface area contributed by atoms with Gasteiger partial charge in [0.15, 0.2) is 11.3 Å². The highest BCUT2D eigenvalue weighted by Crippen LogP contribution is 2.12. The van der Waals surface area contributed by atoms with Crippen LogP contribution in [0.5, 0.6) is 0 Å². The van der Waals surface area contributed by atoms with E-state index in [1.165, 1.54) is 17.4 Å². The van der Waals surface area contributed by atoms with Crippen LogP contribution in [0.4, 0.5) is 0 Å². The van der Waals surface area contributed by atoms with Crippen molar-refractivity contribution in [1.82, 2.24) is 10.5 Å². The normalized spacial score (nSPS) is 19.2. The number of hydrogen-bond acceptors (Lipinski definition) is 5. The molecule has 5 nitrogen and oxygen atoms in total. The molecule has 0 aliphatic carbocycles. The highest BCUT2D eigenvalue weighted by atomic mass is 32.1. The van der Waals surface area contributed by atoms with E-state index in [-0.39, 0.29) is 12.2 Å². The number of nitrogens with zero attached hydrogens (tertiary/aromatic N) is 1. The second-order valence-electron chi connectivity index (χ2n) is 3.94. The van der Waals surface area contributed by atoms with Gasteiger partial charge in [-0.2, -0.15) is 0 Å². The number of hydroxylamine groups is 1. The smallest absolute Gasteiger partial charge is 0.267 e. The molecule has 1 aliphatic heterocycles. The topological polar surface area (TPSA) is 60.5 Å². The predicted octanol–water partition coefficient (Wildman–Crippen LogP) is 1.71. The fraction of sp³-hybridized carbons (Fsp3) is 0.385. The number of aromatic nitrogens is 1. The summed E-state index contributed by atoms with van der Waals surface area (Å²) >= 11 is 1.36. The van der Waals surface area contributed by atoms with E-state index in [0.717, 1.165) is 19.3 Å². The van der Waals surface area contributed by atoms with Crippen molar-refractivity contribution in [3.05, 3.63) is 22.2 Å².